The first-order chi connectivity index (χ1) is 14.6. The lowest BCUT2D eigenvalue weighted by molar-refractivity contribution is -0.138. The highest BCUT2D eigenvalue weighted by atomic mass is 16.5. The standard InChI is InChI=1S/C25H36N2O3/c1-2-3-4-12-24(28)26-21-11-7-10-19(15-21)23-16-20-17-27(14-13-22(20)30-23)25(29)18-8-5-6-9-18/h7,10-11,15,18,20,22-23H,2-6,8-9,12-14,16-17H2,1H3,(H,26,28)/t20-,22-,23-/m0/s1. The molecular weight excluding hydrogens is 376 g/mol. The van der Waals surface area contributed by atoms with Crippen LogP contribution in [0.2, 0.25) is 0 Å². The van der Waals surface area contributed by atoms with Crippen LogP contribution in [0.3, 0.4) is 0 Å². The summed E-state index contributed by atoms with van der Waals surface area (Å²) >= 11 is 0. The van der Waals surface area contributed by atoms with E-state index in [2.05, 4.69) is 29.3 Å². The number of rotatable bonds is 7. The molecule has 3 atom stereocenters. The van der Waals surface area contributed by atoms with Crippen LogP contribution < -0.4 is 5.32 Å². The highest BCUT2D eigenvalue weighted by Crippen LogP contribution is 2.42. The summed E-state index contributed by atoms with van der Waals surface area (Å²) in [5, 5.41) is 3.03. The van der Waals surface area contributed by atoms with Crippen LogP contribution in [0.4, 0.5) is 5.69 Å². The van der Waals surface area contributed by atoms with E-state index in [9.17, 15) is 9.59 Å². The second-order valence-corrected chi connectivity index (χ2v) is 9.34. The van der Waals surface area contributed by atoms with E-state index in [0.29, 0.717) is 18.2 Å². The number of hydrogen-bond acceptors (Lipinski definition) is 3. The van der Waals surface area contributed by atoms with Crippen molar-refractivity contribution in [2.24, 2.45) is 11.8 Å². The lowest BCUT2D eigenvalue weighted by atomic mass is 9.90. The monoisotopic (exact) mass is 412 g/mol. The molecule has 2 amide bonds. The molecule has 30 heavy (non-hydrogen) atoms. The largest absolute Gasteiger partial charge is 0.370 e. The highest BCUT2D eigenvalue weighted by molar-refractivity contribution is 5.90. The molecule has 1 aromatic carbocycles. The van der Waals surface area contributed by atoms with Gasteiger partial charge >= 0.3 is 0 Å². The lowest BCUT2D eigenvalue weighted by Gasteiger charge is -2.35. The molecule has 3 aliphatic rings. The second kappa shape index (κ2) is 9.95. The number of hydrogen-bond donors (Lipinski definition) is 1. The number of carbonyl (C=O) groups excluding carboxylic acids is 2. The summed E-state index contributed by atoms with van der Waals surface area (Å²) < 4.78 is 6.39. The van der Waals surface area contributed by atoms with Crippen molar-refractivity contribution in [1.82, 2.24) is 4.90 Å². The van der Waals surface area contributed by atoms with Crippen LogP contribution in [-0.2, 0) is 14.3 Å². The second-order valence-electron chi connectivity index (χ2n) is 9.34. The third kappa shape index (κ3) is 5.05. The van der Waals surface area contributed by atoms with Crippen LogP contribution in [0.15, 0.2) is 24.3 Å². The van der Waals surface area contributed by atoms with Crippen molar-refractivity contribution < 1.29 is 14.3 Å². The first kappa shape index (κ1) is 21.4. The Labute approximate surface area is 180 Å². The molecule has 3 fully saturated rings. The van der Waals surface area contributed by atoms with Gasteiger partial charge in [0.1, 0.15) is 0 Å². The Morgan fingerprint density at radius 2 is 2.00 bits per heavy atom. The molecule has 5 nitrogen and oxygen atoms in total. The molecule has 1 saturated carbocycles. The molecule has 1 aromatic rings. The van der Waals surface area contributed by atoms with Crippen molar-refractivity contribution in [3.63, 3.8) is 0 Å². The zero-order valence-electron chi connectivity index (χ0n) is 18.3. The summed E-state index contributed by atoms with van der Waals surface area (Å²) in [5.74, 6) is 1.14. The smallest absolute Gasteiger partial charge is 0.225 e. The topological polar surface area (TPSA) is 58.6 Å². The van der Waals surface area contributed by atoms with Gasteiger partial charge in [0.05, 0.1) is 12.2 Å². The average molecular weight is 413 g/mol. The fraction of sp³-hybridized carbons (Fsp3) is 0.680. The molecule has 164 valence electrons. The van der Waals surface area contributed by atoms with Crippen LogP contribution in [-0.4, -0.2) is 35.9 Å². The summed E-state index contributed by atoms with van der Waals surface area (Å²) in [6.45, 7) is 3.81. The van der Waals surface area contributed by atoms with Crippen LogP contribution in [0.25, 0.3) is 0 Å². The zero-order chi connectivity index (χ0) is 20.9. The Morgan fingerprint density at radius 3 is 2.80 bits per heavy atom. The van der Waals surface area contributed by atoms with Gasteiger partial charge in [-0.05, 0) is 49.8 Å². The van der Waals surface area contributed by atoms with E-state index in [4.69, 9.17) is 4.74 Å². The third-order valence-electron chi connectivity index (χ3n) is 7.09. The van der Waals surface area contributed by atoms with E-state index in [1.165, 1.54) is 12.8 Å². The maximum Gasteiger partial charge on any atom is 0.225 e. The number of benzene rings is 1. The van der Waals surface area contributed by atoms with Gasteiger partial charge in [0.15, 0.2) is 0 Å². The van der Waals surface area contributed by atoms with Gasteiger partial charge in [-0.15, -0.1) is 0 Å². The molecule has 0 bridgehead atoms. The predicted molar refractivity (Wildman–Crippen MR) is 118 cm³/mol. The molecule has 2 heterocycles. The van der Waals surface area contributed by atoms with Crippen molar-refractivity contribution in [1.29, 1.82) is 0 Å². The molecule has 1 aliphatic carbocycles. The van der Waals surface area contributed by atoms with Crippen molar-refractivity contribution in [3.8, 4) is 0 Å². The number of ether oxygens (including phenoxy) is 1. The van der Waals surface area contributed by atoms with Crippen molar-refractivity contribution >= 4 is 17.5 Å². The van der Waals surface area contributed by atoms with E-state index >= 15 is 0 Å². The number of likely N-dealkylation sites (tertiary alicyclic amines) is 1. The van der Waals surface area contributed by atoms with E-state index < -0.39 is 0 Å². The summed E-state index contributed by atoms with van der Waals surface area (Å²) in [5.41, 5.74) is 1.98. The number of unbranched alkanes of at least 4 members (excludes halogenated alkanes) is 2. The van der Waals surface area contributed by atoms with Crippen molar-refractivity contribution in [2.45, 2.75) is 83.3 Å². The normalized spacial score (nSPS) is 26.6. The van der Waals surface area contributed by atoms with E-state index in [-0.39, 0.29) is 24.0 Å². The highest BCUT2D eigenvalue weighted by Gasteiger charge is 2.41. The minimum Gasteiger partial charge on any atom is -0.370 e. The Kier molecular flexibility index (Phi) is 7.08. The molecule has 0 unspecified atom stereocenters. The summed E-state index contributed by atoms with van der Waals surface area (Å²) in [7, 11) is 0. The van der Waals surface area contributed by atoms with Gasteiger partial charge in [-0.3, -0.25) is 9.59 Å². The fourth-order valence-corrected chi connectivity index (χ4v) is 5.38. The van der Waals surface area contributed by atoms with Crippen LogP contribution in [0.5, 0.6) is 0 Å². The first-order valence-corrected chi connectivity index (χ1v) is 12.0. The quantitative estimate of drug-likeness (QED) is 0.636. The molecule has 1 N–H and O–H groups in total. The maximum absolute atomic E-state index is 12.8. The molecule has 2 saturated heterocycles. The Bertz CT molecular complexity index is 744. The number of nitrogens with one attached hydrogen (secondary N) is 1. The number of carbonyl (C=O) groups is 2. The zero-order valence-corrected chi connectivity index (χ0v) is 18.3. The van der Waals surface area contributed by atoms with Crippen LogP contribution in [0, 0.1) is 11.8 Å². The number of fused-ring (bicyclic) bond motifs is 1. The fourth-order valence-electron chi connectivity index (χ4n) is 5.38. The summed E-state index contributed by atoms with van der Waals surface area (Å²) in [6.07, 6.45) is 10.5. The number of piperidine rings is 1. The molecule has 0 spiro atoms. The van der Waals surface area contributed by atoms with E-state index in [0.717, 1.165) is 69.3 Å². The van der Waals surface area contributed by atoms with Crippen LogP contribution >= 0.6 is 0 Å². The SMILES string of the molecule is CCCCCC(=O)Nc1cccc([C@@H]2C[C@H]3CN(C(=O)C4CCCC4)CC[C@@H]3O2)c1. The van der Waals surface area contributed by atoms with Crippen LogP contribution in [0.1, 0.15) is 82.8 Å². The van der Waals surface area contributed by atoms with E-state index in [1.807, 2.05) is 12.1 Å². The average Bonchev–Trinajstić information content (AvgIpc) is 3.43. The number of nitrogens with zero attached hydrogens (tertiary/aromatic N) is 1. The summed E-state index contributed by atoms with van der Waals surface area (Å²) in [6, 6.07) is 8.10. The van der Waals surface area contributed by atoms with Gasteiger partial charge < -0.3 is 15.0 Å². The Balaban J connectivity index is 1.33. The Hall–Kier alpha value is -1.88. The van der Waals surface area contributed by atoms with Crippen molar-refractivity contribution in [3.05, 3.63) is 29.8 Å². The molecule has 5 heteroatoms. The maximum atomic E-state index is 12.8. The van der Waals surface area contributed by atoms with Gasteiger partial charge in [-0.1, -0.05) is 44.7 Å². The third-order valence-corrected chi connectivity index (χ3v) is 7.09. The van der Waals surface area contributed by atoms with Gasteiger partial charge in [0.2, 0.25) is 11.8 Å². The molecule has 0 aromatic heterocycles. The minimum absolute atomic E-state index is 0.0541. The summed E-state index contributed by atoms with van der Waals surface area (Å²) in [4.78, 5) is 27.1. The van der Waals surface area contributed by atoms with Gasteiger partial charge in [0, 0.05) is 37.0 Å². The van der Waals surface area contributed by atoms with Gasteiger partial charge in [0.25, 0.3) is 0 Å². The predicted octanol–water partition coefficient (Wildman–Crippen LogP) is 5.07. The molecular formula is C25H36N2O3. The van der Waals surface area contributed by atoms with Crippen molar-refractivity contribution in [2.75, 3.05) is 18.4 Å². The lowest BCUT2D eigenvalue weighted by Crippen LogP contribution is -2.46. The van der Waals surface area contributed by atoms with Gasteiger partial charge in [-0.25, -0.2) is 0 Å². The first-order valence-electron chi connectivity index (χ1n) is 12.0. The number of amides is 2. The molecule has 4 rings (SSSR count). The Morgan fingerprint density at radius 1 is 1.17 bits per heavy atom. The van der Waals surface area contributed by atoms with E-state index in [1.54, 1.807) is 0 Å². The van der Waals surface area contributed by atoms with Gasteiger partial charge in [-0.2, -0.15) is 0 Å². The number of anilines is 1. The molecule has 0 radical (unpaired) electrons. The minimum atomic E-state index is 0.0541. The molecule has 2 aliphatic heterocycles.